The van der Waals surface area contributed by atoms with Gasteiger partial charge in [-0.3, -0.25) is 24.0 Å². The molecule has 1 spiro atoms. The number of ketones is 5. The monoisotopic (exact) mass is 574 g/mol. The Morgan fingerprint density at radius 3 is 2.14 bits per heavy atom. The molecule has 12 heteroatoms. The molecule has 0 aliphatic heterocycles. The summed E-state index contributed by atoms with van der Waals surface area (Å²) in [4.78, 5) is 68.3. The summed E-state index contributed by atoms with van der Waals surface area (Å²) in [6.45, 7) is 2.65. The van der Waals surface area contributed by atoms with E-state index in [1.54, 1.807) is 0 Å². The molecular weight excluding hydrogens is 552 g/mol. The quantitative estimate of drug-likeness (QED) is 0.222. The summed E-state index contributed by atoms with van der Waals surface area (Å²) in [5.41, 5.74) is -6.89. The fourth-order valence-electron chi connectivity index (χ4n) is 8.19. The zero-order valence-electron chi connectivity index (χ0n) is 21.9. The van der Waals surface area contributed by atoms with Crippen LogP contribution in [0.15, 0.2) is 23.3 Å². The third-order valence-corrected chi connectivity index (χ3v) is 9.69. The standard InChI is InChI=1S/C30H22O12/c1-6-3-8(31)12-16(22(6)35)25(38)14-15-19-10(33)5-11(34)20-26(39)13-9(32)4-7(2)23(36)18(13)29(42)30(19,20)21(27(15)40)28(41)17(14)24(12)37/h3-4,10,15,19,21,27,32-33,36-40H,5H2,1-2H3/t10-,15+,19-,21-,27+,30-/m0/s1. The first-order chi connectivity index (χ1) is 19.7. The number of allylic oxidation sites excluding steroid dienone is 3. The van der Waals surface area contributed by atoms with Gasteiger partial charge in [0.25, 0.3) is 0 Å². The molecule has 2 aromatic rings. The van der Waals surface area contributed by atoms with Crippen LogP contribution >= 0.6 is 0 Å². The molecule has 2 bridgehead atoms. The van der Waals surface area contributed by atoms with Crippen LogP contribution in [-0.2, 0) is 4.79 Å². The van der Waals surface area contributed by atoms with Gasteiger partial charge in [0.2, 0.25) is 0 Å². The molecule has 0 radical (unpaired) electrons. The van der Waals surface area contributed by atoms with Crippen LogP contribution in [0.5, 0.6) is 23.0 Å². The predicted octanol–water partition coefficient (Wildman–Crippen LogP) is 1.52. The minimum absolute atomic E-state index is 0.00507. The van der Waals surface area contributed by atoms with Crippen molar-refractivity contribution in [2.24, 2.45) is 17.3 Å². The summed E-state index contributed by atoms with van der Waals surface area (Å²) in [6.07, 6.45) is -3.42. The maximum absolute atomic E-state index is 14.6. The Bertz CT molecular complexity index is 1880. The predicted molar refractivity (Wildman–Crippen MR) is 139 cm³/mol. The zero-order valence-corrected chi connectivity index (χ0v) is 21.9. The molecule has 12 nitrogen and oxygen atoms in total. The highest BCUT2D eigenvalue weighted by Gasteiger charge is 2.76. The number of carbonyl (C=O) groups excluding carboxylic acids is 5. The van der Waals surface area contributed by atoms with E-state index in [0.717, 1.165) is 12.1 Å². The first kappa shape index (κ1) is 26.1. The maximum Gasteiger partial charge on any atom is 0.193 e. The molecule has 0 unspecified atom stereocenters. The van der Waals surface area contributed by atoms with Gasteiger partial charge in [0, 0.05) is 29.4 Å². The van der Waals surface area contributed by atoms with E-state index in [9.17, 15) is 59.7 Å². The minimum Gasteiger partial charge on any atom is -0.507 e. The normalized spacial score (nSPS) is 30.9. The lowest BCUT2D eigenvalue weighted by atomic mass is 9.53. The van der Waals surface area contributed by atoms with Gasteiger partial charge < -0.3 is 35.7 Å². The zero-order chi connectivity index (χ0) is 30.5. The van der Waals surface area contributed by atoms with Crippen LogP contribution in [0.3, 0.4) is 0 Å². The van der Waals surface area contributed by atoms with E-state index < -0.39 is 138 Å². The molecule has 214 valence electrons. The number of aromatic hydroxyl groups is 4. The van der Waals surface area contributed by atoms with Gasteiger partial charge in [-0.25, -0.2) is 0 Å². The van der Waals surface area contributed by atoms with Gasteiger partial charge in [-0.05, 0) is 31.6 Å². The van der Waals surface area contributed by atoms with Crippen molar-refractivity contribution in [3.63, 3.8) is 0 Å². The maximum atomic E-state index is 14.6. The van der Waals surface area contributed by atoms with Gasteiger partial charge in [-0.15, -0.1) is 0 Å². The van der Waals surface area contributed by atoms with Gasteiger partial charge in [-0.2, -0.15) is 0 Å². The fraction of sp³-hybridized carbons (Fsp3) is 0.300. The number of aliphatic hydroxyl groups is 3. The number of rotatable bonds is 0. The smallest absolute Gasteiger partial charge is 0.193 e. The van der Waals surface area contributed by atoms with E-state index in [1.807, 2.05) is 0 Å². The largest absolute Gasteiger partial charge is 0.507 e. The number of phenols is 4. The van der Waals surface area contributed by atoms with Crippen LogP contribution in [-0.4, -0.2) is 76.9 Å². The molecule has 6 atom stereocenters. The van der Waals surface area contributed by atoms with Crippen molar-refractivity contribution in [1.82, 2.24) is 0 Å². The Morgan fingerprint density at radius 1 is 0.810 bits per heavy atom. The lowest BCUT2D eigenvalue weighted by Crippen LogP contribution is -2.56. The highest BCUT2D eigenvalue weighted by molar-refractivity contribution is 6.29. The molecular formula is C30H22O12. The van der Waals surface area contributed by atoms with Crippen LogP contribution in [0.25, 0.3) is 5.76 Å². The Kier molecular flexibility index (Phi) is 4.80. The molecule has 42 heavy (non-hydrogen) atoms. The average molecular weight is 574 g/mol. The SMILES string of the molecule is CC1=CC(=O)c2c(O)c3c(c(O)c2C1=O)[C@H]1[C@@H](O)[C@@H](C3=O)[C@@]23C(=O)c4c(O)c(C)cc(O)c4C(O)=C2C(=O)C[C@H](O)[C@@H]13. The number of fused-ring (bicyclic) bond motifs is 7. The van der Waals surface area contributed by atoms with E-state index in [4.69, 9.17) is 0 Å². The number of phenolic OH excluding ortho intramolecular Hbond substituents is 4. The number of benzene rings is 2. The molecule has 5 aliphatic rings. The second-order valence-corrected chi connectivity index (χ2v) is 11.6. The number of aryl methyl sites for hydroxylation is 1. The van der Waals surface area contributed by atoms with E-state index in [1.165, 1.54) is 13.8 Å². The second kappa shape index (κ2) is 7.72. The third-order valence-electron chi connectivity index (χ3n) is 9.69. The first-order valence-electron chi connectivity index (χ1n) is 13.1. The van der Waals surface area contributed by atoms with Gasteiger partial charge in [-0.1, -0.05) is 0 Å². The van der Waals surface area contributed by atoms with Gasteiger partial charge >= 0.3 is 0 Å². The molecule has 7 rings (SSSR count). The lowest BCUT2D eigenvalue weighted by molar-refractivity contribution is -0.123. The highest BCUT2D eigenvalue weighted by Crippen LogP contribution is 2.71. The van der Waals surface area contributed by atoms with Crippen molar-refractivity contribution in [3.8, 4) is 23.0 Å². The molecule has 2 saturated carbocycles. The van der Waals surface area contributed by atoms with Crippen molar-refractivity contribution in [2.75, 3.05) is 0 Å². The Balaban J connectivity index is 1.62. The Labute approximate surface area is 235 Å². The molecule has 7 N–H and O–H groups in total. The third kappa shape index (κ3) is 2.54. The van der Waals surface area contributed by atoms with E-state index in [0.29, 0.717) is 0 Å². The molecule has 2 fully saturated rings. The van der Waals surface area contributed by atoms with Crippen LogP contribution < -0.4 is 0 Å². The highest BCUT2D eigenvalue weighted by atomic mass is 16.3. The van der Waals surface area contributed by atoms with Crippen LogP contribution in [0, 0.1) is 24.2 Å². The molecule has 0 amide bonds. The number of aliphatic hydroxyl groups excluding tert-OH is 3. The summed E-state index contributed by atoms with van der Waals surface area (Å²) in [5.74, 6) is -14.3. The Morgan fingerprint density at radius 2 is 1.48 bits per heavy atom. The van der Waals surface area contributed by atoms with E-state index in [-0.39, 0.29) is 11.1 Å². The van der Waals surface area contributed by atoms with Crippen molar-refractivity contribution in [1.29, 1.82) is 0 Å². The Hall–Kier alpha value is -4.81. The number of hydrogen-bond donors (Lipinski definition) is 7. The second-order valence-electron chi connectivity index (χ2n) is 11.6. The van der Waals surface area contributed by atoms with Crippen molar-refractivity contribution in [3.05, 3.63) is 62.2 Å². The van der Waals surface area contributed by atoms with Gasteiger partial charge in [0.05, 0.1) is 56.9 Å². The summed E-state index contributed by atoms with van der Waals surface area (Å²) in [7, 11) is 0. The number of Topliss-reactive ketones (excluding diaryl/α,β-unsaturated/α-hetero) is 4. The van der Waals surface area contributed by atoms with Crippen molar-refractivity contribution in [2.45, 2.75) is 38.4 Å². The summed E-state index contributed by atoms with van der Waals surface area (Å²) >= 11 is 0. The molecule has 0 heterocycles. The van der Waals surface area contributed by atoms with E-state index in [2.05, 4.69) is 0 Å². The molecule has 5 aliphatic carbocycles. The molecule has 0 saturated heterocycles. The minimum atomic E-state index is -2.52. The lowest BCUT2D eigenvalue weighted by Gasteiger charge is -2.47. The van der Waals surface area contributed by atoms with Crippen molar-refractivity contribution < 1.29 is 59.7 Å². The van der Waals surface area contributed by atoms with Gasteiger partial charge in [0.15, 0.2) is 28.9 Å². The summed E-state index contributed by atoms with van der Waals surface area (Å²) < 4.78 is 0. The number of hydrogen-bond acceptors (Lipinski definition) is 12. The fourth-order valence-corrected chi connectivity index (χ4v) is 8.19. The first-order valence-corrected chi connectivity index (χ1v) is 13.1. The van der Waals surface area contributed by atoms with Crippen LogP contribution in [0.4, 0.5) is 0 Å². The van der Waals surface area contributed by atoms with Crippen LogP contribution in [0.1, 0.15) is 77.4 Å². The van der Waals surface area contributed by atoms with Crippen molar-refractivity contribution >= 4 is 34.7 Å². The van der Waals surface area contributed by atoms with E-state index >= 15 is 0 Å². The molecule has 2 aromatic carbocycles. The van der Waals surface area contributed by atoms with Gasteiger partial charge in [0.1, 0.15) is 28.8 Å². The topological polar surface area (TPSA) is 227 Å². The average Bonchev–Trinajstić information content (AvgIpc) is 3.11. The van der Waals surface area contributed by atoms with Crippen LogP contribution in [0.2, 0.25) is 0 Å². The molecule has 0 aromatic heterocycles. The summed E-state index contributed by atoms with van der Waals surface area (Å²) in [5, 5.41) is 78.7. The summed E-state index contributed by atoms with van der Waals surface area (Å²) in [6, 6.07) is 1.06. The number of carbonyl (C=O) groups is 5.